The summed E-state index contributed by atoms with van der Waals surface area (Å²) >= 11 is 0. The third-order valence-corrected chi connectivity index (χ3v) is 5.26. The summed E-state index contributed by atoms with van der Waals surface area (Å²) in [6.07, 6.45) is -3.54. The van der Waals surface area contributed by atoms with Crippen LogP contribution in [-0.2, 0) is 19.1 Å². The van der Waals surface area contributed by atoms with Crippen LogP contribution in [0.5, 0.6) is 0 Å². The Hall–Kier alpha value is -3.28. The smallest absolute Gasteiger partial charge is 0.366 e. The Labute approximate surface area is 165 Å². The lowest BCUT2D eigenvalue weighted by atomic mass is 10.0. The van der Waals surface area contributed by atoms with Crippen molar-refractivity contribution >= 4 is 27.7 Å². The lowest BCUT2D eigenvalue weighted by Crippen LogP contribution is -2.11. The molecule has 4 rings (SSSR count). The summed E-state index contributed by atoms with van der Waals surface area (Å²) in [7, 11) is 0. The first-order chi connectivity index (χ1) is 13.8. The maximum Gasteiger partial charge on any atom is 0.416 e. The van der Waals surface area contributed by atoms with Gasteiger partial charge in [0.25, 0.3) is 0 Å². The first kappa shape index (κ1) is 19.1. The zero-order chi connectivity index (χ0) is 20.8. The van der Waals surface area contributed by atoms with Gasteiger partial charge in [0.1, 0.15) is 0 Å². The third-order valence-electron chi connectivity index (χ3n) is 5.26. The molecule has 0 aliphatic heterocycles. The van der Waals surface area contributed by atoms with E-state index in [1.807, 2.05) is 28.8 Å². The van der Waals surface area contributed by atoms with Crippen LogP contribution in [0.3, 0.4) is 0 Å². The van der Waals surface area contributed by atoms with E-state index in [-0.39, 0.29) is 0 Å². The minimum atomic E-state index is -4.45. The number of fused-ring (bicyclic) bond motifs is 3. The molecule has 1 amide bonds. The highest BCUT2D eigenvalue weighted by Gasteiger charge is 2.31. The average molecular weight is 396 g/mol. The van der Waals surface area contributed by atoms with Crippen LogP contribution < -0.4 is 5.73 Å². The lowest BCUT2D eigenvalue weighted by molar-refractivity contribution is -0.137. The van der Waals surface area contributed by atoms with Crippen LogP contribution in [0, 0.1) is 0 Å². The van der Waals surface area contributed by atoms with Crippen molar-refractivity contribution in [2.45, 2.75) is 26.1 Å². The van der Waals surface area contributed by atoms with E-state index in [1.165, 1.54) is 11.6 Å². The van der Waals surface area contributed by atoms with Crippen molar-refractivity contribution in [3.8, 4) is 0 Å². The van der Waals surface area contributed by atoms with Gasteiger partial charge in [0, 0.05) is 22.9 Å². The Kier molecular flexibility index (Phi) is 4.57. The number of primary amides is 1. The van der Waals surface area contributed by atoms with E-state index in [4.69, 9.17) is 5.73 Å². The predicted octanol–water partition coefficient (Wildman–Crippen LogP) is 5.52. The molecular formula is C23H19F3N2O. The van der Waals surface area contributed by atoms with E-state index in [1.54, 1.807) is 18.2 Å². The maximum atomic E-state index is 13.3. The Morgan fingerprint density at radius 3 is 2.28 bits per heavy atom. The van der Waals surface area contributed by atoms with Crippen LogP contribution in [0.15, 0.2) is 60.7 Å². The number of carbonyl (C=O) groups is 1. The Morgan fingerprint density at radius 1 is 0.966 bits per heavy atom. The molecule has 3 nitrogen and oxygen atoms in total. The second-order valence-corrected chi connectivity index (χ2v) is 7.05. The largest absolute Gasteiger partial charge is 0.416 e. The summed E-state index contributed by atoms with van der Waals surface area (Å²) in [6, 6.07) is 16.7. The summed E-state index contributed by atoms with van der Waals surface area (Å²) in [5.74, 6) is -0.609. The van der Waals surface area contributed by atoms with Crippen molar-refractivity contribution in [2.75, 3.05) is 0 Å². The van der Waals surface area contributed by atoms with Crippen molar-refractivity contribution in [1.82, 2.24) is 4.57 Å². The van der Waals surface area contributed by atoms with Gasteiger partial charge in [-0.1, -0.05) is 43.3 Å². The summed E-state index contributed by atoms with van der Waals surface area (Å²) in [4.78, 5) is 12.0. The molecule has 0 saturated heterocycles. The normalized spacial score (nSPS) is 12.0. The number of nitrogens with zero attached hydrogens (tertiary/aromatic N) is 1. The van der Waals surface area contributed by atoms with Gasteiger partial charge < -0.3 is 10.3 Å². The van der Waals surface area contributed by atoms with Crippen molar-refractivity contribution in [3.63, 3.8) is 0 Å². The molecule has 148 valence electrons. The maximum absolute atomic E-state index is 13.3. The first-order valence-electron chi connectivity index (χ1n) is 9.29. The van der Waals surface area contributed by atoms with Crippen molar-refractivity contribution < 1.29 is 18.0 Å². The highest BCUT2D eigenvalue weighted by molar-refractivity contribution is 6.18. The van der Waals surface area contributed by atoms with Crippen molar-refractivity contribution in [1.29, 1.82) is 0 Å². The van der Waals surface area contributed by atoms with Crippen LogP contribution in [0.4, 0.5) is 13.2 Å². The number of rotatable bonds is 4. The van der Waals surface area contributed by atoms with E-state index in [2.05, 4.69) is 6.92 Å². The fraction of sp³-hybridized carbons (Fsp3) is 0.174. The summed E-state index contributed by atoms with van der Waals surface area (Å²) in [5, 5.41) is 1.15. The van der Waals surface area contributed by atoms with Crippen molar-refractivity contribution in [3.05, 3.63) is 82.9 Å². The molecule has 1 aromatic heterocycles. The van der Waals surface area contributed by atoms with E-state index in [0.29, 0.717) is 33.9 Å². The van der Waals surface area contributed by atoms with Crippen molar-refractivity contribution in [2.24, 2.45) is 5.73 Å². The summed E-state index contributed by atoms with van der Waals surface area (Å²) < 4.78 is 41.8. The second kappa shape index (κ2) is 6.95. The fourth-order valence-corrected chi connectivity index (χ4v) is 3.76. The molecule has 0 radical (unpaired) electrons. The number of alkyl halides is 3. The molecule has 6 heteroatoms. The number of nitrogens with two attached hydrogens (primary N) is 1. The van der Waals surface area contributed by atoms with E-state index in [9.17, 15) is 18.0 Å². The molecule has 0 aliphatic carbocycles. The molecule has 2 N–H and O–H groups in total. The zero-order valence-electron chi connectivity index (χ0n) is 15.8. The third kappa shape index (κ3) is 3.35. The number of amides is 1. The number of hydrogen-bond donors (Lipinski definition) is 1. The molecule has 3 aromatic carbocycles. The molecular weight excluding hydrogens is 377 g/mol. The molecule has 0 atom stereocenters. The minimum Gasteiger partial charge on any atom is -0.366 e. The quantitative estimate of drug-likeness (QED) is 0.485. The average Bonchev–Trinajstić information content (AvgIpc) is 3.01. The van der Waals surface area contributed by atoms with E-state index in [0.717, 1.165) is 24.1 Å². The van der Waals surface area contributed by atoms with Gasteiger partial charge in [0.05, 0.1) is 16.6 Å². The predicted molar refractivity (Wildman–Crippen MR) is 108 cm³/mol. The molecule has 4 aromatic rings. The molecule has 0 aliphatic rings. The highest BCUT2D eigenvalue weighted by Crippen LogP contribution is 2.37. The van der Waals surface area contributed by atoms with Crippen LogP contribution in [0.1, 0.15) is 34.0 Å². The summed E-state index contributed by atoms with van der Waals surface area (Å²) in [5.41, 5.74) is 8.35. The highest BCUT2D eigenvalue weighted by atomic mass is 19.4. The molecule has 0 spiro atoms. The number of carbonyl (C=O) groups excluding carboxylic acids is 1. The van der Waals surface area contributed by atoms with Gasteiger partial charge in [-0.25, -0.2) is 0 Å². The SMILES string of the molecule is CCc1ccc(Cn2c3cc(C(F)(F)F)ccc3c3c(C(N)=O)cccc32)cc1. The van der Waals surface area contributed by atoms with Gasteiger partial charge in [0.2, 0.25) is 5.91 Å². The number of benzene rings is 3. The van der Waals surface area contributed by atoms with Gasteiger partial charge >= 0.3 is 6.18 Å². The number of hydrogen-bond acceptors (Lipinski definition) is 1. The van der Waals surface area contributed by atoms with Gasteiger partial charge in [0.15, 0.2) is 0 Å². The minimum absolute atomic E-state index is 0.298. The molecule has 0 unspecified atom stereocenters. The fourth-order valence-electron chi connectivity index (χ4n) is 3.76. The van der Waals surface area contributed by atoms with Crippen LogP contribution in [0.2, 0.25) is 0 Å². The van der Waals surface area contributed by atoms with Gasteiger partial charge in [-0.2, -0.15) is 13.2 Å². The van der Waals surface area contributed by atoms with Gasteiger partial charge in [-0.3, -0.25) is 4.79 Å². The lowest BCUT2D eigenvalue weighted by Gasteiger charge is -2.11. The standard InChI is InChI=1S/C23H19F3N2O/c1-2-14-6-8-15(9-7-14)13-28-19-5-3-4-18(22(27)29)21(19)17-11-10-16(12-20(17)28)23(24,25)26/h3-12H,2,13H2,1H3,(H2,27,29). The number of halogens is 3. The monoisotopic (exact) mass is 396 g/mol. The first-order valence-corrected chi connectivity index (χ1v) is 9.29. The Bertz CT molecular complexity index is 1220. The summed E-state index contributed by atoms with van der Waals surface area (Å²) in [6.45, 7) is 2.44. The second-order valence-electron chi connectivity index (χ2n) is 7.05. The molecule has 29 heavy (non-hydrogen) atoms. The molecule has 0 saturated carbocycles. The number of aromatic nitrogens is 1. The Morgan fingerprint density at radius 2 is 1.66 bits per heavy atom. The topological polar surface area (TPSA) is 48.0 Å². The van der Waals surface area contributed by atoms with Crippen LogP contribution in [-0.4, -0.2) is 10.5 Å². The van der Waals surface area contributed by atoms with Gasteiger partial charge in [-0.15, -0.1) is 0 Å². The van der Waals surface area contributed by atoms with Crippen LogP contribution in [0.25, 0.3) is 21.8 Å². The van der Waals surface area contributed by atoms with Gasteiger partial charge in [-0.05, 0) is 41.8 Å². The number of aryl methyl sites for hydroxylation is 1. The molecule has 1 heterocycles. The zero-order valence-corrected chi connectivity index (χ0v) is 15.8. The molecule has 0 fully saturated rings. The van der Waals surface area contributed by atoms with E-state index >= 15 is 0 Å². The molecule has 0 bridgehead atoms. The Balaban J connectivity index is 2.00. The van der Waals surface area contributed by atoms with Crippen LogP contribution >= 0.6 is 0 Å². The van der Waals surface area contributed by atoms with E-state index < -0.39 is 17.6 Å².